The Morgan fingerprint density at radius 1 is 1.17 bits per heavy atom. The number of aromatic nitrogens is 1. The van der Waals surface area contributed by atoms with Gasteiger partial charge in [0.25, 0.3) is 0 Å². The molecule has 6 nitrogen and oxygen atoms in total. The summed E-state index contributed by atoms with van der Waals surface area (Å²) in [6.45, 7) is 1.14. The molecule has 1 aromatic carbocycles. The summed E-state index contributed by atoms with van der Waals surface area (Å²) in [6.07, 6.45) is 4.00. The van der Waals surface area contributed by atoms with Gasteiger partial charge in [-0.15, -0.1) is 24.0 Å². The number of hydrogen-bond donors (Lipinski definition) is 2. The fraction of sp³-hybridized carbons (Fsp3) is 0.312. The van der Waals surface area contributed by atoms with Crippen molar-refractivity contribution < 1.29 is 9.47 Å². The Balaban J connectivity index is 0.00000264. The molecule has 2 aromatic rings. The predicted molar refractivity (Wildman–Crippen MR) is 103 cm³/mol. The highest BCUT2D eigenvalue weighted by Crippen LogP contribution is 2.27. The number of guanidine groups is 1. The minimum absolute atomic E-state index is 0. The van der Waals surface area contributed by atoms with Crippen molar-refractivity contribution in [2.75, 3.05) is 14.2 Å². The van der Waals surface area contributed by atoms with E-state index in [0.29, 0.717) is 30.5 Å². The van der Waals surface area contributed by atoms with E-state index in [2.05, 4.69) is 10.3 Å². The Morgan fingerprint density at radius 3 is 2.52 bits per heavy atom. The second kappa shape index (κ2) is 9.29. The number of nitrogens with two attached hydrogens (primary N) is 1. The SMILES string of the molecule is COc1ccc(CNC(N)=NCc2ccn(C)c2)cc1OC.I. The third kappa shape index (κ3) is 5.66. The zero-order chi connectivity index (χ0) is 15.9. The minimum Gasteiger partial charge on any atom is -0.493 e. The van der Waals surface area contributed by atoms with Crippen LogP contribution in [0.5, 0.6) is 11.5 Å². The summed E-state index contributed by atoms with van der Waals surface area (Å²) in [6, 6.07) is 7.76. The van der Waals surface area contributed by atoms with Crippen molar-refractivity contribution in [2.24, 2.45) is 17.8 Å². The molecule has 1 heterocycles. The van der Waals surface area contributed by atoms with E-state index in [1.165, 1.54) is 0 Å². The number of methoxy groups -OCH3 is 2. The molecule has 3 N–H and O–H groups in total. The van der Waals surface area contributed by atoms with Crippen molar-refractivity contribution >= 4 is 29.9 Å². The van der Waals surface area contributed by atoms with Gasteiger partial charge in [-0.2, -0.15) is 0 Å². The summed E-state index contributed by atoms with van der Waals surface area (Å²) >= 11 is 0. The Bertz CT molecular complexity index is 655. The molecule has 0 unspecified atom stereocenters. The lowest BCUT2D eigenvalue weighted by Crippen LogP contribution is -2.31. The van der Waals surface area contributed by atoms with Crippen molar-refractivity contribution in [3.63, 3.8) is 0 Å². The van der Waals surface area contributed by atoms with E-state index in [9.17, 15) is 0 Å². The summed E-state index contributed by atoms with van der Waals surface area (Å²) in [7, 11) is 5.21. The largest absolute Gasteiger partial charge is 0.493 e. The van der Waals surface area contributed by atoms with E-state index in [1.807, 2.05) is 48.3 Å². The molecule has 0 fully saturated rings. The first-order valence-corrected chi connectivity index (χ1v) is 6.98. The third-order valence-corrected chi connectivity index (χ3v) is 3.25. The minimum atomic E-state index is 0. The quantitative estimate of drug-likeness (QED) is 0.419. The van der Waals surface area contributed by atoms with E-state index in [-0.39, 0.29) is 24.0 Å². The maximum Gasteiger partial charge on any atom is 0.189 e. The molecule has 0 bridgehead atoms. The lowest BCUT2D eigenvalue weighted by Gasteiger charge is -2.10. The number of hydrogen-bond acceptors (Lipinski definition) is 3. The van der Waals surface area contributed by atoms with Gasteiger partial charge in [0.05, 0.1) is 20.8 Å². The number of aliphatic imine (C=N–C) groups is 1. The highest BCUT2D eigenvalue weighted by Gasteiger charge is 2.04. The number of rotatable bonds is 6. The molecule has 0 aliphatic rings. The molecule has 0 radical (unpaired) electrons. The van der Waals surface area contributed by atoms with Gasteiger partial charge >= 0.3 is 0 Å². The number of benzene rings is 1. The average Bonchev–Trinajstić information content (AvgIpc) is 2.96. The topological polar surface area (TPSA) is 73.8 Å². The molecule has 0 amide bonds. The standard InChI is InChI=1S/C16H22N4O2.HI/c1-20-7-6-13(11-20)10-19-16(17)18-9-12-4-5-14(21-2)15(8-12)22-3;/h4-8,11H,9-10H2,1-3H3,(H3,17,18,19);1H. The van der Waals surface area contributed by atoms with Crippen molar-refractivity contribution in [1.29, 1.82) is 0 Å². The molecule has 126 valence electrons. The molecule has 23 heavy (non-hydrogen) atoms. The van der Waals surface area contributed by atoms with E-state index >= 15 is 0 Å². The highest BCUT2D eigenvalue weighted by molar-refractivity contribution is 14.0. The monoisotopic (exact) mass is 430 g/mol. The second-order valence-corrected chi connectivity index (χ2v) is 4.93. The number of aryl methyl sites for hydroxylation is 1. The lowest BCUT2D eigenvalue weighted by molar-refractivity contribution is 0.354. The van der Waals surface area contributed by atoms with Crippen LogP contribution in [-0.2, 0) is 20.1 Å². The zero-order valence-corrected chi connectivity index (χ0v) is 15.9. The molecular weight excluding hydrogens is 407 g/mol. The average molecular weight is 430 g/mol. The van der Waals surface area contributed by atoms with Crippen LogP contribution in [-0.4, -0.2) is 24.7 Å². The Hall–Kier alpha value is -1.90. The molecule has 0 spiro atoms. The molecule has 0 saturated carbocycles. The van der Waals surface area contributed by atoms with Gasteiger partial charge < -0.3 is 25.1 Å². The van der Waals surface area contributed by atoms with Crippen LogP contribution in [0.15, 0.2) is 41.7 Å². The molecule has 0 aliphatic heterocycles. The summed E-state index contributed by atoms with van der Waals surface area (Å²) in [5.74, 6) is 1.82. The molecule has 0 aliphatic carbocycles. The van der Waals surface area contributed by atoms with Crippen LogP contribution in [0.4, 0.5) is 0 Å². The number of halogens is 1. The summed E-state index contributed by atoms with van der Waals surface area (Å²) in [5, 5.41) is 3.09. The molecular formula is C16H23IN4O2. The normalized spacial score (nSPS) is 10.8. The lowest BCUT2D eigenvalue weighted by atomic mass is 10.2. The van der Waals surface area contributed by atoms with Gasteiger partial charge in [-0.05, 0) is 29.3 Å². The van der Waals surface area contributed by atoms with Gasteiger partial charge in [0, 0.05) is 26.0 Å². The Kier molecular flexibility index (Phi) is 7.73. The van der Waals surface area contributed by atoms with E-state index in [1.54, 1.807) is 14.2 Å². The van der Waals surface area contributed by atoms with Crippen LogP contribution in [0, 0.1) is 0 Å². The molecule has 0 saturated heterocycles. The molecule has 0 atom stereocenters. The smallest absolute Gasteiger partial charge is 0.189 e. The van der Waals surface area contributed by atoms with E-state index < -0.39 is 0 Å². The Labute approximate surface area is 153 Å². The first-order valence-electron chi connectivity index (χ1n) is 6.98. The van der Waals surface area contributed by atoms with Gasteiger partial charge in [0.1, 0.15) is 0 Å². The maximum atomic E-state index is 5.88. The number of nitrogens with zero attached hydrogens (tertiary/aromatic N) is 2. The van der Waals surface area contributed by atoms with Crippen LogP contribution in [0.3, 0.4) is 0 Å². The van der Waals surface area contributed by atoms with Crippen LogP contribution in [0.25, 0.3) is 0 Å². The zero-order valence-electron chi connectivity index (χ0n) is 13.6. The third-order valence-electron chi connectivity index (χ3n) is 3.25. The molecule has 2 rings (SSSR count). The predicted octanol–water partition coefficient (Wildman–Crippen LogP) is 2.26. The van der Waals surface area contributed by atoms with Crippen molar-refractivity contribution in [1.82, 2.24) is 9.88 Å². The van der Waals surface area contributed by atoms with E-state index in [0.717, 1.165) is 11.1 Å². The number of nitrogens with one attached hydrogen (secondary N) is 1. The van der Waals surface area contributed by atoms with Gasteiger partial charge in [-0.25, -0.2) is 4.99 Å². The van der Waals surface area contributed by atoms with Gasteiger partial charge in [0.15, 0.2) is 17.5 Å². The maximum absolute atomic E-state index is 5.88. The fourth-order valence-corrected chi connectivity index (χ4v) is 2.07. The van der Waals surface area contributed by atoms with Gasteiger partial charge in [0.2, 0.25) is 0 Å². The first kappa shape index (κ1) is 19.1. The van der Waals surface area contributed by atoms with Crippen LogP contribution < -0.4 is 20.5 Å². The first-order chi connectivity index (χ1) is 10.6. The second-order valence-electron chi connectivity index (χ2n) is 4.93. The van der Waals surface area contributed by atoms with Crippen LogP contribution in [0.1, 0.15) is 11.1 Å². The van der Waals surface area contributed by atoms with Crippen LogP contribution in [0.2, 0.25) is 0 Å². The van der Waals surface area contributed by atoms with Crippen molar-refractivity contribution in [2.45, 2.75) is 13.1 Å². The van der Waals surface area contributed by atoms with E-state index in [4.69, 9.17) is 15.2 Å². The van der Waals surface area contributed by atoms with Crippen LogP contribution >= 0.6 is 24.0 Å². The summed E-state index contributed by atoms with van der Waals surface area (Å²) in [5.41, 5.74) is 8.04. The van der Waals surface area contributed by atoms with Crippen molar-refractivity contribution in [3.8, 4) is 11.5 Å². The van der Waals surface area contributed by atoms with Gasteiger partial charge in [-0.1, -0.05) is 6.07 Å². The highest BCUT2D eigenvalue weighted by atomic mass is 127. The fourth-order valence-electron chi connectivity index (χ4n) is 2.07. The molecule has 1 aromatic heterocycles. The Morgan fingerprint density at radius 2 is 1.91 bits per heavy atom. The van der Waals surface area contributed by atoms with Gasteiger partial charge in [-0.3, -0.25) is 0 Å². The number of ether oxygens (including phenoxy) is 2. The summed E-state index contributed by atoms with van der Waals surface area (Å²) < 4.78 is 12.5. The summed E-state index contributed by atoms with van der Waals surface area (Å²) in [4.78, 5) is 4.31. The molecule has 7 heteroatoms. The van der Waals surface area contributed by atoms with Crippen molar-refractivity contribution in [3.05, 3.63) is 47.8 Å².